The van der Waals surface area contributed by atoms with Gasteiger partial charge in [0.2, 0.25) is 5.91 Å². The number of amides is 1. The van der Waals surface area contributed by atoms with E-state index in [2.05, 4.69) is 15.2 Å². The molecule has 0 spiro atoms. The normalized spacial score (nSPS) is 17.9. The van der Waals surface area contributed by atoms with Gasteiger partial charge in [0.1, 0.15) is 5.82 Å². The number of hydrogen-bond donors (Lipinski definition) is 1. The Morgan fingerprint density at radius 2 is 1.79 bits per heavy atom. The second-order valence-corrected chi connectivity index (χ2v) is 6.27. The summed E-state index contributed by atoms with van der Waals surface area (Å²) in [7, 11) is 0. The molecule has 1 aromatic heterocycles. The van der Waals surface area contributed by atoms with E-state index in [1.165, 1.54) is 6.07 Å². The number of anilines is 1. The lowest BCUT2D eigenvalue weighted by Gasteiger charge is -2.38. The van der Waals surface area contributed by atoms with Crippen molar-refractivity contribution in [3.05, 3.63) is 23.9 Å². The number of halogens is 3. The van der Waals surface area contributed by atoms with Gasteiger partial charge in [-0.2, -0.15) is 13.2 Å². The van der Waals surface area contributed by atoms with Crippen molar-refractivity contribution < 1.29 is 18.0 Å². The van der Waals surface area contributed by atoms with Gasteiger partial charge in [0, 0.05) is 38.4 Å². The van der Waals surface area contributed by atoms with Crippen molar-refractivity contribution in [3.8, 4) is 0 Å². The molecule has 1 aliphatic heterocycles. The monoisotopic (exact) mass is 344 g/mol. The summed E-state index contributed by atoms with van der Waals surface area (Å²) in [6.45, 7) is 8.27. The highest BCUT2D eigenvalue weighted by atomic mass is 19.4. The standard InChI is InChI=1S/C16H23F3N4O/c1-11(2)21-15(24)12(3)22-6-8-23(9-7-22)14-5-4-13(10-20-14)16(17,18)19/h4-5,10-12H,6-9H2,1-3H3,(H,21,24). The summed E-state index contributed by atoms with van der Waals surface area (Å²) in [5, 5.41) is 2.89. The molecule has 2 heterocycles. The lowest BCUT2D eigenvalue weighted by Crippen LogP contribution is -2.54. The zero-order valence-corrected chi connectivity index (χ0v) is 14.1. The second-order valence-electron chi connectivity index (χ2n) is 6.27. The minimum atomic E-state index is -4.37. The predicted octanol–water partition coefficient (Wildman–Crippen LogP) is 2.14. The minimum Gasteiger partial charge on any atom is -0.354 e. The molecule has 1 atom stereocenters. The van der Waals surface area contributed by atoms with Crippen LogP contribution in [0.2, 0.25) is 0 Å². The quantitative estimate of drug-likeness (QED) is 0.909. The van der Waals surface area contributed by atoms with Crippen molar-refractivity contribution in [1.82, 2.24) is 15.2 Å². The van der Waals surface area contributed by atoms with Gasteiger partial charge in [-0.25, -0.2) is 4.98 Å². The zero-order chi connectivity index (χ0) is 17.9. The lowest BCUT2D eigenvalue weighted by molar-refractivity contribution is -0.137. The van der Waals surface area contributed by atoms with E-state index < -0.39 is 11.7 Å². The molecule has 134 valence electrons. The Morgan fingerprint density at radius 3 is 2.25 bits per heavy atom. The summed E-state index contributed by atoms with van der Waals surface area (Å²) in [5.41, 5.74) is -0.746. The van der Waals surface area contributed by atoms with Gasteiger partial charge >= 0.3 is 6.18 Å². The van der Waals surface area contributed by atoms with Crippen LogP contribution in [0.25, 0.3) is 0 Å². The molecule has 8 heteroatoms. The molecule has 2 rings (SSSR count). The van der Waals surface area contributed by atoms with Crippen LogP contribution in [0.15, 0.2) is 18.3 Å². The molecular formula is C16H23F3N4O. The first-order valence-corrected chi connectivity index (χ1v) is 8.01. The Balaban J connectivity index is 1.91. The van der Waals surface area contributed by atoms with Crippen LogP contribution in [0.4, 0.5) is 19.0 Å². The van der Waals surface area contributed by atoms with Crippen LogP contribution >= 0.6 is 0 Å². The number of nitrogens with one attached hydrogen (secondary N) is 1. The Bertz CT molecular complexity index is 551. The Labute approximate surface area is 139 Å². The van der Waals surface area contributed by atoms with Crippen molar-refractivity contribution in [2.24, 2.45) is 0 Å². The lowest BCUT2D eigenvalue weighted by atomic mass is 10.2. The van der Waals surface area contributed by atoms with E-state index in [9.17, 15) is 18.0 Å². The van der Waals surface area contributed by atoms with Gasteiger partial charge < -0.3 is 10.2 Å². The molecule has 0 saturated carbocycles. The second kappa shape index (κ2) is 7.38. The van der Waals surface area contributed by atoms with Gasteiger partial charge in [-0.15, -0.1) is 0 Å². The van der Waals surface area contributed by atoms with E-state index in [1.54, 1.807) is 0 Å². The number of piperazine rings is 1. The Kier molecular flexibility index (Phi) is 5.69. The number of nitrogens with zero attached hydrogens (tertiary/aromatic N) is 3. The minimum absolute atomic E-state index is 0.00824. The molecule has 1 N–H and O–H groups in total. The number of hydrogen-bond acceptors (Lipinski definition) is 4. The maximum absolute atomic E-state index is 12.6. The van der Waals surface area contributed by atoms with Crippen molar-refractivity contribution in [2.45, 2.75) is 39.0 Å². The van der Waals surface area contributed by atoms with Gasteiger partial charge in [0.05, 0.1) is 11.6 Å². The van der Waals surface area contributed by atoms with E-state index in [4.69, 9.17) is 0 Å². The predicted molar refractivity (Wildman–Crippen MR) is 85.8 cm³/mol. The third-order valence-electron chi connectivity index (χ3n) is 4.07. The summed E-state index contributed by atoms with van der Waals surface area (Å²) in [5.74, 6) is 0.521. The van der Waals surface area contributed by atoms with Gasteiger partial charge in [0.25, 0.3) is 0 Å². The van der Waals surface area contributed by atoms with Crippen LogP contribution in [0, 0.1) is 0 Å². The Morgan fingerprint density at radius 1 is 1.17 bits per heavy atom. The van der Waals surface area contributed by atoms with Crippen LogP contribution < -0.4 is 10.2 Å². The first-order valence-electron chi connectivity index (χ1n) is 8.01. The maximum Gasteiger partial charge on any atom is 0.417 e. The van der Waals surface area contributed by atoms with Crippen LogP contribution in [0.5, 0.6) is 0 Å². The number of alkyl halides is 3. The number of pyridine rings is 1. The third kappa shape index (κ3) is 4.59. The van der Waals surface area contributed by atoms with Crippen molar-refractivity contribution in [2.75, 3.05) is 31.1 Å². The van der Waals surface area contributed by atoms with Gasteiger partial charge in [-0.05, 0) is 32.9 Å². The molecule has 0 bridgehead atoms. The van der Waals surface area contributed by atoms with E-state index >= 15 is 0 Å². The van der Waals surface area contributed by atoms with E-state index in [0.29, 0.717) is 32.0 Å². The van der Waals surface area contributed by atoms with Gasteiger partial charge in [-0.1, -0.05) is 0 Å². The van der Waals surface area contributed by atoms with Crippen molar-refractivity contribution in [1.29, 1.82) is 0 Å². The van der Waals surface area contributed by atoms with Crippen LogP contribution in [-0.4, -0.2) is 54.1 Å². The molecule has 0 aliphatic carbocycles. The molecule has 1 aliphatic rings. The average molecular weight is 344 g/mol. The first kappa shape index (κ1) is 18.5. The fourth-order valence-corrected chi connectivity index (χ4v) is 2.65. The largest absolute Gasteiger partial charge is 0.417 e. The molecule has 5 nitrogen and oxygen atoms in total. The van der Waals surface area contributed by atoms with Crippen LogP contribution in [-0.2, 0) is 11.0 Å². The maximum atomic E-state index is 12.6. The molecule has 1 fully saturated rings. The molecule has 0 aromatic carbocycles. The summed E-state index contributed by atoms with van der Waals surface area (Å²) in [6.07, 6.45) is -3.51. The Hall–Kier alpha value is -1.83. The summed E-state index contributed by atoms with van der Waals surface area (Å²) in [6, 6.07) is 2.31. The smallest absolute Gasteiger partial charge is 0.354 e. The first-order chi connectivity index (χ1) is 11.2. The number of carbonyl (C=O) groups is 1. The summed E-state index contributed by atoms with van der Waals surface area (Å²) >= 11 is 0. The average Bonchev–Trinajstić information content (AvgIpc) is 2.53. The van der Waals surface area contributed by atoms with Gasteiger partial charge in [0.15, 0.2) is 0 Å². The molecule has 1 aromatic rings. The highest BCUT2D eigenvalue weighted by molar-refractivity contribution is 5.81. The third-order valence-corrected chi connectivity index (χ3v) is 4.07. The van der Waals surface area contributed by atoms with Crippen LogP contribution in [0.1, 0.15) is 26.3 Å². The van der Waals surface area contributed by atoms with Crippen LogP contribution in [0.3, 0.4) is 0 Å². The zero-order valence-electron chi connectivity index (χ0n) is 14.1. The summed E-state index contributed by atoms with van der Waals surface area (Å²) < 4.78 is 37.7. The fraction of sp³-hybridized carbons (Fsp3) is 0.625. The molecular weight excluding hydrogens is 321 g/mol. The molecule has 1 amide bonds. The number of aromatic nitrogens is 1. The number of carbonyl (C=O) groups excluding carboxylic acids is 1. The van der Waals surface area contributed by atoms with Gasteiger partial charge in [-0.3, -0.25) is 9.69 Å². The van der Waals surface area contributed by atoms with Crippen molar-refractivity contribution >= 4 is 11.7 Å². The van der Waals surface area contributed by atoms with E-state index in [0.717, 1.165) is 12.3 Å². The summed E-state index contributed by atoms with van der Waals surface area (Å²) in [4.78, 5) is 20.0. The highest BCUT2D eigenvalue weighted by Gasteiger charge is 2.31. The molecule has 24 heavy (non-hydrogen) atoms. The van der Waals surface area contributed by atoms with Crippen molar-refractivity contribution in [3.63, 3.8) is 0 Å². The molecule has 0 radical (unpaired) electrons. The van der Waals surface area contributed by atoms with E-state index in [-0.39, 0.29) is 18.0 Å². The SMILES string of the molecule is CC(C)NC(=O)C(C)N1CCN(c2ccc(C(F)(F)F)cn2)CC1. The number of rotatable bonds is 4. The highest BCUT2D eigenvalue weighted by Crippen LogP contribution is 2.29. The fourth-order valence-electron chi connectivity index (χ4n) is 2.65. The molecule has 1 saturated heterocycles. The van der Waals surface area contributed by atoms with E-state index in [1.807, 2.05) is 25.7 Å². The molecule has 1 unspecified atom stereocenters. The topological polar surface area (TPSA) is 48.5 Å².